The van der Waals surface area contributed by atoms with Gasteiger partial charge in [-0.3, -0.25) is 9.48 Å². The highest BCUT2D eigenvalue weighted by atomic mass is 35.5. The Morgan fingerprint density at radius 3 is 2.68 bits per heavy atom. The first-order chi connectivity index (χ1) is 12.1. The van der Waals surface area contributed by atoms with Crippen LogP contribution in [-0.4, -0.2) is 28.8 Å². The summed E-state index contributed by atoms with van der Waals surface area (Å²) in [6.45, 7) is 0.393. The van der Waals surface area contributed by atoms with E-state index in [4.69, 9.17) is 16.3 Å². The van der Waals surface area contributed by atoms with Crippen molar-refractivity contribution in [1.29, 1.82) is 0 Å². The molecule has 0 bridgehead atoms. The van der Waals surface area contributed by atoms with Crippen molar-refractivity contribution < 1.29 is 14.3 Å². The number of fused-ring (bicyclic) bond motifs is 1. The lowest BCUT2D eigenvalue weighted by atomic mass is 10.1. The van der Waals surface area contributed by atoms with Gasteiger partial charge < -0.3 is 10.1 Å². The lowest BCUT2D eigenvalue weighted by Crippen LogP contribution is -2.27. The van der Waals surface area contributed by atoms with Crippen LogP contribution in [0.5, 0.6) is 0 Å². The monoisotopic (exact) mass is 357 g/mol. The molecule has 1 aromatic heterocycles. The number of nitrogens with one attached hydrogen (secondary N) is 1. The van der Waals surface area contributed by atoms with Crippen molar-refractivity contribution in [2.75, 3.05) is 7.11 Å². The Morgan fingerprint density at radius 1 is 1.20 bits per heavy atom. The topological polar surface area (TPSA) is 73.2 Å². The van der Waals surface area contributed by atoms with Crippen LogP contribution in [0.3, 0.4) is 0 Å². The Labute approximate surface area is 149 Å². The second-order valence-electron chi connectivity index (χ2n) is 5.42. The Bertz CT molecular complexity index is 922. The number of amides is 1. The van der Waals surface area contributed by atoms with Crippen LogP contribution in [0, 0.1) is 0 Å². The number of aromatic nitrogens is 2. The van der Waals surface area contributed by atoms with Gasteiger partial charge in [-0.2, -0.15) is 5.10 Å². The summed E-state index contributed by atoms with van der Waals surface area (Å²) in [7, 11) is 1.28. The number of halogens is 1. The van der Waals surface area contributed by atoms with Crippen LogP contribution < -0.4 is 5.32 Å². The Hall–Kier alpha value is -2.86. The van der Waals surface area contributed by atoms with Crippen LogP contribution in [0.15, 0.2) is 48.7 Å². The van der Waals surface area contributed by atoms with Gasteiger partial charge in [0, 0.05) is 11.9 Å². The number of benzene rings is 2. The zero-order valence-electron chi connectivity index (χ0n) is 13.5. The number of rotatable bonds is 5. The number of hydrogen-bond acceptors (Lipinski definition) is 4. The summed E-state index contributed by atoms with van der Waals surface area (Å²) in [6, 6.07) is 12.9. The molecule has 0 fully saturated rings. The van der Waals surface area contributed by atoms with Crippen molar-refractivity contribution >= 4 is 34.4 Å². The van der Waals surface area contributed by atoms with Gasteiger partial charge >= 0.3 is 5.97 Å². The van der Waals surface area contributed by atoms with Gasteiger partial charge in [-0.15, -0.1) is 0 Å². The van der Waals surface area contributed by atoms with E-state index in [0.29, 0.717) is 17.4 Å². The third kappa shape index (κ3) is 3.64. The molecule has 1 heterocycles. The number of carbonyl (C=O) groups excluding carboxylic acids is 2. The molecule has 3 aromatic rings. The van der Waals surface area contributed by atoms with Crippen LogP contribution in [0.25, 0.3) is 10.9 Å². The molecular weight excluding hydrogens is 342 g/mol. The fourth-order valence-electron chi connectivity index (χ4n) is 2.56. The highest BCUT2D eigenvalue weighted by Crippen LogP contribution is 2.26. The predicted octanol–water partition coefficient (Wildman–Crippen LogP) is 2.79. The molecule has 0 radical (unpaired) electrons. The zero-order valence-corrected chi connectivity index (χ0v) is 14.3. The molecule has 0 atom stereocenters. The number of methoxy groups -OCH3 is 1. The van der Waals surface area contributed by atoms with Crippen molar-refractivity contribution in [2.24, 2.45) is 0 Å². The summed E-state index contributed by atoms with van der Waals surface area (Å²) in [4.78, 5) is 24.3. The molecule has 0 aliphatic rings. The molecule has 0 aliphatic heterocycles. The minimum absolute atomic E-state index is 0.0271. The average Bonchev–Trinajstić information content (AvgIpc) is 3.03. The summed E-state index contributed by atoms with van der Waals surface area (Å²) in [5.74, 6) is -0.785. The molecule has 1 N–H and O–H groups in total. The summed E-state index contributed by atoms with van der Waals surface area (Å²) in [5.41, 5.74) is 1.68. The first-order valence-electron chi connectivity index (χ1n) is 7.63. The van der Waals surface area contributed by atoms with Crippen molar-refractivity contribution in [3.05, 3.63) is 64.8 Å². The lowest BCUT2D eigenvalue weighted by molar-refractivity contribution is -0.121. The third-order valence-corrected chi connectivity index (χ3v) is 4.08. The minimum Gasteiger partial charge on any atom is -0.465 e. The van der Waals surface area contributed by atoms with E-state index in [2.05, 4.69) is 10.4 Å². The van der Waals surface area contributed by atoms with E-state index in [1.807, 2.05) is 30.3 Å². The van der Waals surface area contributed by atoms with Gasteiger partial charge in [-0.1, -0.05) is 41.9 Å². The smallest absolute Gasteiger partial charge is 0.341 e. The molecule has 6 nitrogen and oxygen atoms in total. The maximum absolute atomic E-state index is 12.2. The molecular formula is C18H16ClN3O3. The fourth-order valence-corrected chi connectivity index (χ4v) is 2.79. The van der Waals surface area contributed by atoms with Crippen molar-refractivity contribution in [2.45, 2.75) is 13.1 Å². The van der Waals surface area contributed by atoms with E-state index in [9.17, 15) is 9.59 Å². The Balaban J connectivity index is 1.83. The van der Waals surface area contributed by atoms with E-state index in [-0.39, 0.29) is 23.0 Å². The Morgan fingerprint density at radius 2 is 1.96 bits per heavy atom. The number of ether oxygens (including phenoxy) is 1. The summed E-state index contributed by atoms with van der Waals surface area (Å²) in [5, 5.41) is 7.99. The maximum atomic E-state index is 12.2. The normalized spacial score (nSPS) is 10.6. The first kappa shape index (κ1) is 17.0. The zero-order chi connectivity index (χ0) is 17.8. The third-order valence-electron chi connectivity index (χ3n) is 3.77. The van der Waals surface area contributed by atoms with Gasteiger partial charge in [0.1, 0.15) is 12.1 Å². The van der Waals surface area contributed by atoms with Crippen LogP contribution >= 0.6 is 11.6 Å². The van der Waals surface area contributed by atoms with Gasteiger partial charge in [-0.05, 0) is 17.7 Å². The molecule has 0 saturated carbocycles. The molecule has 25 heavy (non-hydrogen) atoms. The molecule has 1 amide bonds. The quantitative estimate of drug-likeness (QED) is 0.713. The summed E-state index contributed by atoms with van der Waals surface area (Å²) in [6.07, 6.45) is 1.59. The van der Waals surface area contributed by atoms with Crippen LogP contribution in [0.2, 0.25) is 5.02 Å². The maximum Gasteiger partial charge on any atom is 0.341 e. The van der Waals surface area contributed by atoms with Crippen molar-refractivity contribution in [1.82, 2.24) is 15.1 Å². The van der Waals surface area contributed by atoms with Gasteiger partial charge in [0.05, 0.1) is 23.8 Å². The Kier molecular flexibility index (Phi) is 5.00. The van der Waals surface area contributed by atoms with E-state index in [0.717, 1.165) is 5.56 Å². The second-order valence-corrected chi connectivity index (χ2v) is 5.82. The second kappa shape index (κ2) is 7.36. The van der Waals surface area contributed by atoms with Crippen molar-refractivity contribution in [3.63, 3.8) is 0 Å². The largest absolute Gasteiger partial charge is 0.465 e. The van der Waals surface area contributed by atoms with Gasteiger partial charge in [-0.25, -0.2) is 4.79 Å². The van der Waals surface area contributed by atoms with Crippen LogP contribution in [0.4, 0.5) is 0 Å². The summed E-state index contributed by atoms with van der Waals surface area (Å²) >= 11 is 6.14. The first-order valence-corrected chi connectivity index (χ1v) is 8.01. The number of carbonyl (C=O) groups is 2. The highest BCUT2D eigenvalue weighted by molar-refractivity contribution is 6.35. The number of esters is 1. The van der Waals surface area contributed by atoms with E-state index in [1.165, 1.54) is 11.8 Å². The molecule has 3 rings (SSSR count). The highest BCUT2D eigenvalue weighted by Gasteiger charge is 2.20. The standard InChI is InChI=1S/C18H16ClN3O3/c1-25-18(24)16-14(19)8-7-13-10-21-22(17(13)16)11-15(23)20-9-12-5-3-2-4-6-12/h2-8,10H,9,11H2,1H3,(H,20,23). The molecule has 2 aromatic carbocycles. The van der Waals surface area contributed by atoms with Gasteiger partial charge in [0.2, 0.25) is 5.91 Å². The van der Waals surface area contributed by atoms with Crippen LogP contribution in [0.1, 0.15) is 15.9 Å². The molecule has 128 valence electrons. The molecule has 0 saturated heterocycles. The summed E-state index contributed by atoms with van der Waals surface area (Å²) < 4.78 is 6.25. The lowest BCUT2D eigenvalue weighted by Gasteiger charge is -2.09. The average molecular weight is 358 g/mol. The SMILES string of the molecule is COC(=O)c1c(Cl)ccc2cnn(CC(=O)NCc3ccccc3)c12. The molecule has 0 aliphatic carbocycles. The molecule has 0 spiro atoms. The van der Waals surface area contributed by atoms with E-state index in [1.54, 1.807) is 18.3 Å². The fraction of sp³-hybridized carbons (Fsp3) is 0.167. The van der Waals surface area contributed by atoms with Gasteiger partial charge in [0.25, 0.3) is 0 Å². The molecule has 0 unspecified atom stereocenters. The van der Waals surface area contributed by atoms with E-state index >= 15 is 0 Å². The minimum atomic E-state index is -0.568. The number of nitrogens with zero attached hydrogens (tertiary/aromatic N) is 2. The predicted molar refractivity (Wildman–Crippen MR) is 94.4 cm³/mol. The number of hydrogen-bond donors (Lipinski definition) is 1. The van der Waals surface area contributed by atoms with Gasteiger partial charge in [0.15, 0.2) is 0 Å². The van der Waals surface area contributed by atoms with E-state index < -0.39 is 5.97 Å². The molecule has 7 heteroatoms. The van der Waals surface area contributed by atoms with Crippen molar-refractivity contribution in [3.8, 4) is 0 Å². The van der Waals surface area contributed by atoms with Crippen LogP contribution in [-0.2, 0) is 22.6 Å².